The molecule has 1 aliphatic heterocycles. The van der Waals surface area contributed by atoms with E-state index in [1.807, 2.05) is 0 Å². The molecule has 35 heavy (non-hydrogen) atoms. The molecule has 4 atom stereocenters. The SMILES string of the molecule is CC(C)C(NC(=O)C(CCCN=C(N)N)NC(=O)C(CCC(N)=O)NC(=O)C1CCCN1)C(=O)O. The first-order valence-electron chi connectivity index (χ1n) is 11.6. The second-order valence-corrected chi connectivity index (χ2v) is 8.79. The van der Waals surface area contributed by atoms with Gasteiger partial charge in [0.25, 0.3) is 0 Å². The van der Waals surface area contributed by atoms with E-state index >= 15 is 0 Å². The number of hydrogen-bond donors (Lipinski definition) is 8. The number of rotatable bonds is 15. The highest BCUT2D eigenvalue weighted by molar-refractivity contribution is 5.94. The van der Waals surface area contributed by atoms with Crippen molar-refractivity contribution < 1.29 is 29.1 Å². The summed E-state index contributed by atoms with van der Waals surface area (Å²) in [5.74, 6) is -4.20. The highest BCUT2D eigenvalue weighted by atomic mass is 16.4. The zero-order valence-corrected chi connectivity index (χ0v) is 20.2. The van der Waals surface area contributed by atoms with Crippen LogP contribution >= 0.6 is 0 Å². The molecule has 0 aromatic rings. The zero-order chi connectivity index (χ0) is 26.5. The topological polar surface area (TPSA) is 244 Å². The van der Waals surface area contributed by atoms with Gasteiger partial charge in [-0.25, -0.2) is 4.79 Å². The Morgan fingerprint density at radius 1 is 1.00 bits per heavy atom. The molecule has 4 unspecified atom stereocenters. The van der Waals surface area contributed by atoms with Crippen molar-refractivity contribution in [3.8, 4) is 0 Å². The third kappa shape index (κ3) is 11.0. The van der Waals surface area contributed by atoms with Crippen LogP contribution in [0.15, 0.2) is 4.99 Å². The summed E-state index contributed by atoms with van der Waals surface area (Å²) in [5.41, 5.74) is 15.8. The molecule has 0 radical (unpaired) electrons. The lowest BCUT2D eigenvalue weighted by atomic mass is 10.0. The van der Waals surface area contributed by atoms with Gasteiger partial charge in [-0.3, -0.25) is 24.2 Å². The summed E-state index contributed by atoms with van der Waals surface area (Å²) < 4.78 is 0. The van der Waals surface area contributed by atoms with Crippen LogP contribution in [-0.4, -0.2) is 77.9 Å². The Hall–Kier alpha value is -3.42. The molecule has 14 nitrogen and oxygen atoms in total. The number of carboxylic acid groups (broad SMARTS) is 1. The van der Waals surface area contributed by atoms with E-state index < -0.39 is 59.7 Å². The number of hydrogen-bond acceptors (Lipinski definition) is 7. The van der Waals surface area contributed by atoms with E-state index in [0.29, 0.717) is 19.4 Å². The Labute approximate surface area is 204 Å². The van der Waals surface area contributed by atoms with E-state index in [1.165, 1.54) is 0 Å². The fourth-order valence-electron chi connectivity index (χ4n) is 3.55. The third-order valence-electron chi connectivity index (χ3n) is 5.50. The standard InChI is InChI=1S/C21H38N8O6/c1-11(2)16(20(34)35)29-19(33)13(6-4-10-26-21(23)24)27-18(32)14(7-8-15(22)30)28-17(31)12-5-3-9-25-12/h11-14,16,25H,3-10H2,1-2H3,(H2,22,30)(H,27,32)(H,28,31)(H,29,33)(H,34,35)(H4,23,24,26). The van der Waals surface area contributed by atoms with Crippen molar-refractivity contribution in [1.29, 1.82) is 0 Å². The molecule has 1 saturated heterocycles. The highest BCUT2D eigenvalue weighted by Crippen LogP contribution is 2.09. The number of nitrogens with two attached hydrogens (primary N) is 3. The summed E-state index contributed by atoms with van der Waals surface area (Å²) in [6, 6.07) is -3.88. The molecular weight excluding hydrogens is 460 g/mol. The third-order valence-corrected chi connectivity index (χ3v) is 5.50. The van der Waals surface area contributed by atoms with Gasteiger partial charge in [0.15, 0.2) is 5.96 Å². The van der Waals surface area contributed by atoms with Crippen LogP contribution in [0.3, 0.4) is 0 Å². The van der Waals surface area contributed by atoms with Crippen molar-refractivity contribution in [3.63, 3.8) is 0 Å². The molecule has 0 aromatic carbocycles. The maximum absolute atomic E-state index is 13.1. The number of amides is 4. The smallest absolute Gasteiger partial charge is 0.326 e. The van der Waals surface area contributed by atoms with E-state index in [4.69, 9.17) is 17.2 Å². The highest BCUT2D eigenvalue weighted by Gasteiger charge is 2.32. The van der Waals surface area contributed by atoms with Crippen LogP contribution in [0.5, 0.6) is 0 Å². The Bertz CT molecular complexity index is 793. The van der Waals surface area contributed by atoms with Gasteiger partial charge >= 0.3 is 5.97 Å². The van der Waals surface area contributed by atoms with Crippen molar-refractivity contribution in [2.45, 2.75) is 76.5 Å². The van der Waals surface area contributed by atoms with Crippen LogP contribution in [0.25, 0.3) is 0 Å². The Morgan fingerprint density at radius 2 is 1.63 bits per heavy atom. The van der Waals surface area contributed by atoms with Crippen molar-refractivity contribution >= 4 is 35.6 Å². The van der Waals surface area contributed by atoms with Crippen LogP contribution in [0.2, 0.25) is 0 Å². The number of carbonyl (C=O) groups is 5. The number of carboxylic acids is 1. The van der Waals surface area contributed by atoms with Crippen molar-refractivity contribution in [2.75, 3.05) is 13.1 Å². The first-order chi connectivity index (χ1) is 16.4. The monoisotopic (exact) mass is 498 g/mol. The minimum absolute atomic E-state index is 0.0638. The molecule has 1 heterocycles. The van der Waals surface area contributed by atoms with Gasteiger partial charge in [-0.05, 0) is 44.6 Å². The first kappa shape index (κ1) is 29.6. The maximum Gasteiger partial charge on any atom is 0.326 e. The zero-order valence-electron chi connectivity index (χ0n) is 20.2. The number of nitrogens with one attached hydrogen (secondary N) is 4. The molecule has 0 aliphatic carbocycles. The van der Waals surface area contributed by atoms with Crippen LogP contribution in [0, 0.1) is 5.92 Å². The van der Waals surface area contributed by atoms with E-state index in [2.05, 4.69) is 26.3 Å². The van der Waals surface area contributed by atoms with Crippen LogP contribution in [-0.2, 0) is 24.0 Å². The van der Waals surface area contributed by atoms with Gasteiger partial charge in [0.2, 0.25) is 23.6 Å². The summed E-state index contributed by atoms with van der Waals surface area (Å²) >= 11 is 0. The van der Waals surface area contributed by atoms with Crippen molar-refractivity contribution in [1.82, 2.24) is 21.3 Å². The first-order valence-corrected chi connectivity index (χ1v) is 11.6. The molecule has 198 valence electrons. The predicted octanol–water partition coefficient (Wildman–Crippen LogP) is -2.75. The van der Waals surface area contributed by atoms with Crippen LogP contribution < -0.4 is 38.5 Å². The lowest BCUT2D eigenvalue weighted by Gasteiger charge is -2.26. The van der Waals surface area contributed by atoms with Gasteiger partial charge in [0, 0.05) is 13.0 Å². The molecule has 1 rings (SSSR count). The number of nitrogens with zero attached hydrogens (tertiary/aromatic N) is 1. The van der Waals surface area contributed by atoms with Crippen molar-refractivity contribution in [2.24, 2.45) is 28.1 Å². The fourth-order valence-corrected chi connectivity index (χ4v) is 3.55. The number of aliphatic imine (C=N–C) groups is 1. The Balaban J connectivity index is 2.99. The second kappa shape index (κ2) is 14.8. The molecule has 1 fully saturated rings. The molecule has 1 aliphatic rings. The molecule has 14 heteroatoms. The Morgan fingerprint density at radius 3 is 2.14 bits per heavy atom. The van der Waals surface area contributed by atoms with Crippen molar-refractivity contribution in [3.05, 3.63) is 0 Å². The summed E-state index contributed by atoms with van der Waals surface area (Å²) in [6.45, 7) is 4.13. The lowest BCUT2D eigenvalue weighted by molar-refractivity contribution is -0.143. The van der Waals surface area contributed by atoms with E-state index in [0.717, 1.165) is 6.42 Å². The molecule has 11 N–H and O–H groups in total. The van der Waals surface area contributed by atoms with Gasteiger partial charge in [-0.1, -0.05) is 13.8 Å². The van der Waals surface area contributed by atoms with Gasteiger partial charge in [-0.2, -0.15) is 0 Å². The van der Waals surface area contributed by atoms with Crippen LogP contribution in [0.4, 0.5) is 0 Å². The Kier molecular flexibility index (Phi) is 12.5. The second-order valence-electron chi connectivity index (χ2n) is 8.79. The number of guanidine groups is 1. The van der Waals surface area contributed by atoms with Gasteiger partial charge < -0.3 is 43.6 Å². The van der Waals surface area contributed by atoms with E-state index in [9.17, 15) is 29.1 Å². The quantitative estimate of drug-likeness (QED) is 0.0661. The summed E-state index contributed by atoms with van der Waals surface area (Å²) in [5, 5.41) is 20.0. The van der Waals surface area contributed by atoms with Crippen LogP contribution in [0.1, 0.15) is 52.4 Å². The molecule has 4 amide bonds. The maximum atomic E-state index is 13.1. The van der Waals surface area contributed by atoms with Gasteiger partial charge in [0.05, 0.1) is 6.04 Å². The largest absolute Gasteiger partial charge is 0.480 e. The fraction of sp³-hybridized carbons (Fsp3) is 0.714. The normalized spacial score (nSPS) is 17.6. The van der Waals surface area contributed by atoms with Gasteiger partial charge in [-0.15, -0.1) is 0 Å². The minimum Gasteiger partial charge on any atom is -0.480 e. The summed E-state index contributed by atoms with van der Waals surface area (Å²) in [6.07, 6.45) is 1.60. The number of primary amides is 1. The average Bonchev–Trinajstić information content (AvgIpc) is 3.30. The number of carbonyl (C=O) groups excluding carboxylic acids is 4. The molecule has 0 saturated carbocycles. The molecule has 0 spiro atoms. The van der Waals surface area contributed by atoms with E-state index in [1.54, 1.807) is 13.8 Å². The number of aliphatic carboxylic acids is 1. The summed E-state index contributed by atoms with van der Waals surface area (Å²) in [4.78, 5) is 65.1. The molecular formula is C21H38N8O6. The van der Waals surface area contributed by atoms with Gasteiger partial charge in [0.1, 0.15) is 18.1 Å². The molecule has 0 bridgehead atoms. The van der Waals surface area contributed by atoms with E-state index in [-0.39, 0.29) is 31.8 Å². The minimum atomic E-state index is -1.21. The molecule has 0 aromatic heterocycles. The average molecular weight is 499 g/mol. The predicted molar refractivity (Wildman–Crippen MR) is 128 cm³/mol. The summed E-state index contributed by atoms with van der Waals surface area (Å²) in [7, 11) is 0. The lowest BCUT2D eigenvalue weighted by Crippen LogP contribution is -2.57.